The summed E-state index contributed by atoms with van der Waals surface area (Å²) >= 11 is 0. The zero-order chi connectivity index (χ0) is 10.5. The summed E-state index contributed by atoms with van der Waals surface area (Å²) in [6.07, 6.45) is 6.66. The number of piperidine rings is 2. The van der Waals surface area contributed by atoms with Crippen molar-refractivity contribution in [2.75, 3.05) is 32.7 Å². The molecule has 0 radical (unpaired) electrons. The van der Waals surface area contributed by atoms with Crippen molar-refractivity contribution in [3.05, 3.63) is 0 Å². The maximum Gasteiger partial charge on any atom is 0.0168 e. The van der Waals surface area contributed by atoms with Gasteiger partial charge in [-0.05, 0) is 64.2 Å². The smallest absolute Gasteiger partial charge is 0.0168 e. The molecule has 0 amide bonds. The molecule has 2 heterocycles. The molecule has 3 nitrogen and oxygen atoms in total. The minimum absolute atomic E-state index is 0.437. The first kappa shape index (κ1) is 11.4. The third kappa shape index (κ3) is 3.74. The van der Waals surface area contributed by atoms with Crippen molar-refractivity contribution >= 4 is 0 Å². The van der Waals surface area contributed by atoms with Gasteiger partial charge in [0.2, 0.25) is 0 Å². The maximum atomic E-state index is 5.98. The van der Waals surface area contributed by atoms with Crippen molar-refractivity contribution < 1.29 is 0 Å². The SMILES string of the molecule is NC1CCCN(CCC2CCNCC2)C1. The van der Waals surface area contributed by atoms with Crippen molar-refractivity contribution in [2.45, 2.75) is 38.1 Å². The lowest BCUT2D eigenvalue weighted by Gasteiger charge is -2.32. The molecule has 15 heavy (non-hydrogen) atoms. The van der Waals surface area contributed by atoms with Crippen LogP contribution in [0.3, 0.4) is 0 Å². The summed E-state index contributed by atoms with van der Waals surface area (Å²) in [6, 6.07) is 0.437. The third-order valence-electron chi connectivity index (χ3n) is 3.85. The second-order valence-electron chi connectivity index (χ2n) is 5.18. The van der Waals surface area contributed by atoms with Gasteiger partial charge in [0.15, 0.2) is 0 Å². The molecule has 0 saturated carbocycles. The van der Waals surface area contributed by atoms with Crippen LogP contribution in [0.5, 0.6) is 0 Å². The molecule has 1 atom stereocenters. The normalized spacial score (nSPS) is 30.6. The highest BCUT2D eigenvalue weighted by molar-refractivity contribution is 4.76. The van der Waals surface area contributed by atoms with Crippen LogP contribution in [0.15, 0.2) is 0 Å². The Morgan fingerprint density at radius 1 is 1.20 bits per heavy atom. The summed E-state index contributed by atoms with van der Waals surface area (Å²) in [6.45, 7) is 6.14. The zero-order valence-electron chi connectivity index (χ0n) is 9.75. The molecule has 2 fully saturated rings. The standard InChI is InChI=1S/C12H25N3/c13-12-2-1-8-15(10-12)9-5-11-3-6-14-7-4-11/h11-12,14H,1-10,13H2. The largest absolute Gasteiger partial charge is 0.327 e. The van der Waals surface area contributed by atoms with Gasteiger partial charge in [-0.1, -0.05) is 0 Å². The number of hydrogen-bond donors (Lipinski definition) is 2. The molecule has 88 valence electrons. The molecule has 3 N–H and O–H groups in total. The Balaban J connectivity index is 1.63. The topological polar surface area (TPSA) is 41.3 Å². The van der Waals surface area contributed by atoms with Crippen LogP contribution in [0.2, 0.25) is 0 Å². The van der Waals surface area contributed by atoms with Crippen LogP contribution >= 0.6 is 0 Å². The number of hydrogen-bond acceptors (Lipinski definition) is 3. The molecular formula is C12H25N3. The van der Waals surface area contributed by atoms with Crippen molar-refractivity contribution in [3.8, 4) is 0 Å². The van der Waals surface area contributed by atoms with E-state index >= 15 is 0 Å². The highest BCUT2D eigenvalue weighted by Gasteiger charge is 2.18. The van der Waals surface area contributed by atoms with E-state index in [1.165, 1.54) is 58.3 Å². The fourth-order valence-corrected chi connectivity index (χ4v) is 2.83. The molecule has 0 aliphatic carbocycles. The Labute approximate surface area is 93.4 Å². The van der Waals surface area contributed by atoms with Crippen LogP contribution in [0, 0.1) is 5.92 Å². The first-order valence-electron chi connectivity index (χ1n) is 6.53. The Hall–Kier alpha value is -0.120. The van der Waals surface area contributed by atoms with E-state index in [0.29, 0.717) is 6.04 Å². The monoisotopic (exact) mass is 211 g/mol. The van der Waals surface area contributed by atoms with Gasteiger partial charge in [0.05, 0.1) is 0 Å². The van der Waals surface area contributed by atoms with Crippen molar-refractivity contribution in [1.29, 1.82) is 0 Å². The van der Waals surface area contributed by atoms with Crippen LogP contribution in [0.4, 0.5) is 0 Å². The van der Waals surface area contributed by atoms with Crippen molar-refractivity contribution in [3.63, 3.8) is 0 Å². The van der Waals surface area contributed by atoms with E-state index in [4.69, 9.17) is 5.73 Å². The first-order chi connectivity index (χ1) is 7.34. The minimum atomic E-state index is 0.437. The summed E-state index contributed by atoms with van der Waals surface area (Å²) in [5, 5.41) is 3.43. The molecule has 2 saturated heterocycles. The van der Waals surface area contributed by atoms with E-state index in [1.54, 1.807) is 0 Å². The number of nitrogens with one attached hydrogen (secondary N) is 1. The Morgan fingerprint density at radius 2 is 2.00 bits per heavy atom. The molecule has 0 aromatic rings. The molecule has 3 heteroatoms. The van der Waals surface area contributed by atoms with Gasteiger partial charge in [0.1, 0.15) is 0 Å². The molecule has 2 aliphatic rings. The summed E-state index contributed by atoms with van der Waals surface area (Å²) in [7, 11) is 0. The van der Waals surface area contributed by atoms with E-state index in [-0.39, 0.29) is 0 Å². The molecular weight excluding hydrogens is 186 g/mol. The average Bonchev–Trinajstić information content (AvgIpc) is 2.28. The van der Waals surface area contributed by atoms with Crippen LogP contribution in [0.25, 0.3) is 0 Å². The lowest BCUT2D eigenvalue weighted by molar-refractivity contribution is 0.188. The summed E-state index contributed by atoms with van der Waals surface area (Å²) in [4.78, 5) is 2.57. The van der Waals surface area contributed by atoms with E-state index in [1.807, 2.05) is 0 Å². The van der Waals surface area contributed by atoms with Gasteiger partial charge in [0.25, 0.3) is 0 Å². The molecule has 0 aromatic heterocycles. The summed E-state index contributed by atoms with van der Waals surface area (Å²) in [5.74, 6) is 0.962. The Kier molecular flexibility index (Phi) is 4.42. The van der Waals surface area contributed by atoms with Crippen molar-refractivity contribution in [2.24, 2.45) is 11.7 Å². The van der Waals surface area contributed by atoms with Crippen LogP contribution in [-0.2, 0) is 0 Å². The quantitative estimate of drug-likeness (QED) is 0.725. The van der Waals surface area contributed by atoms with Gasteiger partial charge in [-0.2, -0.15) is 0 Å². The van der Waals surface area contributed by atoms with Crippen molar-refractivity contribution in [1.82, 2.24) is 10.2 Å². The average molecular weight is 211 g/mol. The maximum absolute atomic E-state index is 5.98. The van der Waals surface area contributed by atoms with Crippen LogP contribution in [0.1, 0.15) is 32.1 Å². The lowest BCUT2D eigenvalue weighted by atomic mass is 9.94. The third-order valence-corrected chi connectivity index (χ3v) is 3.85. The number of rotatable bonds is 3. The predicted molar refractivity (Wildman–Crippen MR) is 63.9 cm³/mol. The number of nitrogens with two attached hydrogens (primary N) is 1. The van der Waals surface area contributed by atoms with E-state index in [0.717, 1.165) is 12.5 Å². The van der Waals surface area contributed by atoms with E-state index in [9.17, 15) is 0 Å². The molecule has 0 bridgehead atoms. The molecule has 0 aromatic carbocycles. The summed E-state index contributed by atoms with van der Waals surface area (Å²) in [5.41, 5.74) is 5.98. The first-order valence-corrected chi connectivity index (χ1v) is 6.53. The fourth-order valence-electron chi connectivity index (χ4n) is 2.83. The minimum Gasteiger partial charge on any atom is -0.327 e. The fraction of sp³-hybridized carbons (Fsp3) is 1.00. The van der Waals surface area contributed by atoms with Gasteiger partial charge in [-0.15, -0.1) is 0 Å². The molecule has 2 aliphatic heterocycles. The molecule has 0 spiro atoms. The van der Waals surface area contributed by atoms with E-state index in [2.05, 4.69) is 10.2 Å². The second-order valence-corrected chi connectivity index (χ2v) is 5.18. The highest BCUT2D eigenvalue weighted by atomic mass is 15.1. The van der Waals surface area contributed by atoms with Gasteiger partial charge in [0, 0.05) is 12.6 Å². The molecule has 1 unspecified atom stereocenters. The highest BCUT2D eigenvalue weighted by Crippen LogP contribution is 2.17. The van der Waals surface area contributed by atoms with Gasteiger partial charge in [-0.25, -0.2) is 0 Å². The lowest BCUT2D eigenvalue weighted by Crippen LogP contribution is -2.43. The second kappa shape index (κ2) is 5.83. The van der Waals surface area contributed by atoms with Crippen LogP contribution in [-0.4, -0.2) is 43.7 Å². The van der Waals surface area contributed by atoms with Gasteiger partial charge >= 0.3 is 0 Å². The van der Waals surface area contributed by atoms with E-state index < -0.39 is 0 Å². The van der Waals surface area contributed by atoms with Gasteiger partial charge in [-0.3, -0.25) is 0 Å². The zero-order valence-corrected chi connectivity index (χ0v) is 9.75. The van der Waals surface area contributed by atoms with Crippen LogP contribution < -0.4 is 11.1 Å². The van der Waals surface area contributed by atoms with Gasteiger partial charge < -0.3 is 16.0 Å². The number of nitrogens with zero attached hydrogens (tertiary/aromatic N) is 1. The predicted octanol–water partition coefficient (Wildman–Crippen LogP) is 0.799. The molecule has 2 rings (SSSR count). The number of likely N-dealkylation sites (tertiary alicyclic amines) is 1. The Bertz CT molecular complexity index is 178. The summed E-state index contributed by atoms with van der Waals surface area (Å²) < 4.78 is 0. The Morgan fingerprint density at radius 3 is 2.73 bits per heavy atom.